The lowest BCUT2D eigenvalue weighted by molar-refractivity contribution is -0.122. The molecule has 0 unspecified atom stereocenters. The van der Waals surface area contributed by atoms with Crippen LogP contribution in [0.3, 0.4) is 0 Å². The first-order valence-corrected chi connectivity index (χ1v) is 8.12. The number of fused-ring (bicyclic) bond motifs is 1. The molecule has 1 aromatic heterocycles. The number of aromatic nitrogens is 2. The third-order valence-electron chi connectivity index (χ3n) is 3.90. The molecule has 0 atom stereocenters. The summed E-state index contributed by atoms with van der Waals surface area (Å²) in [5, 5.41) is 7.85. The molecule has 3 rings (SSSR count). The molecule has 2 heterocycles. The van der Waals surface area contributed by atoms with Gasteiger partial charge in [0.25, 0.3) is 0 Å². The molecule has 0 spiro atoms. The van der Waals surface area contributed by atoms with Crippen LogP contribution in [0.25, 0.3) is 0 Å². The quantitative estimate of drug-likeness (QED) is 0.904. The van der Waals surface area contributed by atoms with Crippen molar-refractivity contribution in [3.63, 3.8) is 0 Å². The van der Waals surface area contributed by atoms with Gasteiger partial charge in [-0.1, -0.05) is 6.42 Å². The number of hydrogen-bond acceptors (Lipinski definition) is 3. The summed E-state index contributed by atoms with van der Waals surface area (Å²) in [4.78, 5) is 12.2. The second-order valence-corrected chi connectivity index (χ2v) is 7.45. The van der Waals surface area contributed by atoms with Crippen molar-refractivity contribution in [2.24, 2.45) is 5.92 Å². The van der Waals surface area contributed by atoms with Crippen LogP contribution in [-0.4, -0.2) is 15.7 Å². The number of amides is 1. The van der Waals surface area contributed by atoms with E-state index in [1.54, 1.807) is 0 Å². The first kappa shape index (κ1) is 13.0. The van der Waals surface area contributed by atoms with Crippen molar-refractivity contribution in [1.29, 1.82) is 0 Å². The van der Waals surface area contributed by atoms with Crippen molar-refractivity contribution >= 4 is 23.5 Å². The number of carbonyl (C=O) groups excluding carboxylic acids is 1. The van der Waals surface area contributed by atoms with Gasteiger partial charge in [-0.2, -0.15) is 16.9 Å². The summed E-state index contributed by atoms with van der Waals surface area (Å²) in [7, 11) is 0. The molecule has 1 aliphatic heterocycles. The van der Waals surface area contributed by atoms with Gasteiger partial charge in [-0.05, 0) is 33.6 Å². The highest BCUT2D eigenvalue weighted by molar-refractivity contribution is 7.98. The Kier molecular flexibility index (Phi) is 3.12. The number of anilines is 1. The van der Waals surface area contributed by atoms with Gasteiger partial charge in [0.05, 0.1) is 11.2 Å². The van der Waals surface area contributed by atoms with Crippen molar-refractivity contribution in [1.82, 2.24) is 9.78 Å². The summed E-state index contributed by atoms with van der Waals surface area (Å²) < 4.78 is 1.99. The summed E-state index contributed by atoms with van der Waals surface area (Å²) in [6.45, 7) is 6.38. The summed E-state index contributed by atoms with van der Waals surface area (Å²) in [5.74, 6) is 3.25. The number of carbonyl (C=O) groups is 1. The predicted octanol–water partition coefficient (Wildman–Crippen LogP) is 3.12. The van der Waals surface area contributed by atoms with Gasteiger partial charge in [-0.25, -0.2) is 4.68 Å². The van der Waals surface area contributed by atoms with Gasteiger partial charge in [-0.3, -0.25) is 4.79 Å². The molecule has 1 N–H and O–H groups in total. The molecule has 0 saturated heterocycles. The van der Waals surface area contributed by atoms with Gasteiger partial charge in [0.15, 0.2) is 0 Å². The molecule has 19 heavy (non-hydrogen) atoms. The van der Waals surface area contributed by atoms with E-state index in [1.807, 2.05) is 16.4 Å². The third kappa shape index (κ3) is 2.29. The zero-order valence-corrected chi connectivity index (χ0v) is 12.6. The second kappa shape index (κ2) is 4.54. The molecule has 1 aliphatic carbocycles. The standard InChI is InChI=1S/C14H21N3OS/c1-14(2,3)17-12(10-7-19-8-11(10)16-17)15-13(18)9-5-4-6-9/h9H,4-8H2,1-3H3,(H,15,18). The SMILES string of the molecule is CC(C)(C)n1nc2c(c1NC(=O)C1CCC1)CSC2. The number of nitrogens with one attached hydrogen (secondary N) is 1. The van der Waals surface area contributed by atoms with Crippen LogP contribution in [0.4, 0.5) is 5.82 Å². The van der Waals surface area contributed by atoms with E-state index in [2.05, 4.69) is 26.1 Å². The smallest absolute Gasteiger partial charge is 0.228 e. The van der Waals surface area contributed by atoms with Gasteiger partial charge < -0.3 is 5.32 Å². The van der Waals surface area contributed by atoms with Crippen molar-refractivity contribution in [2.75, 3.05) is 5.32 Å². The first-order valence-electron chi connectivity index (χ1n) is 6.96. The number of rotatable bonds is 2. The van der Waals surface area contributed by atoms with E-state index in [0.717, 1.165) is 35.9 Å². The molecule has 0 radical (unpaired) electrons. The molecule has 104 valence electrons. The van der Waals surface area contributed by atoms with Crippen molar-refractivity contribution in [3.05, 3.63) is 11.3 Å². The molecule has 5 heteroatoms. The molecule has 0 bridgehead atoms. The monoisotopic (exact) mass is 279 g/mol. The van der Waals surface area contributed by atoms with E-state index in [1.165, 1.54) is 12.0 Å². The molecule has 1 saturated carbocycles. The van der Waals surface area contributed by atoms with Crippen molar-refractivity contribution < 1.29 is 4.79 Å². The minimum Gasteiger partial charge on any atom is -0.310 e. The summed E-state index contributed by atoms with van der Waals surface area (Å²) >= 11 is 1.87. The Labute approximate surface area is 118 Å². The van der Waals surface area contributed by atoms with Crippen molar-refractivity contribution in [2.45, 2.75) is 57.1 Å². The number of thioether (sulfide) groups is 1. The first-order chi connectivity index (χ1) is 8.97. The summed E-state index contributed by atoms with van der Waals surface area (Å²) in [6.07, 6.45) is 3.25. The Morgan fingerprint density at radius 3 is 2.68 bits per heavy atom. The highest BCUT2D eigenvalue weighted by Gasteiger charge is 2.31. The minimum absolute atomic E-state index is 0.1000. The molecule has 1 aromatic rings. The molecular formula is C14H21N3OS. The molecule has 0 aromatic carbocycles. The second-order valence-electron chi connectivity index (χ2n) is 6.47. The van der Waals surface area contributed by atoms with Crippen molar-refractivity contribution in [3.8, 4) is 0 Å². The van der Waals surface area contributed by atoms with Crippen LogP contribution in [0.2, 0.25) is 0 Å². The van der Waals surface area contributed by atoms with Crippen LogP contribution in [-0.2, 0) is 21.8 Å². The maximum atomic E-state index is 12.2. The number of hydrogen-bond donors (Lipinski definition) is 1. The Morgan fingerprint density at radius 2 is 2.11 bits per heavy atom. The highest BCUT2D eigenvalue weighted by atomic mass is 32.2. The van der Waals surface area contributed by atoms with Crippen LogP contribution in [0.15, 0.2) is 0 Å². The Hall–Kier alpha value is -0.970. The largest absolute Gasteiger partial charge is 0.310 e. The number of nitrogens with zero attached hydrogens (tertiary/aromatic N) is 2. The molecule has 1 amide bonds. The normalized spacial score (nSPS) is 19.1. The summed E-state index contributed by atoms with van der Waals surface area (Å²) in [5.41, 5.74) is 2.27. The maximum absolute atomic E-state index is 12.2. The molecule has 4 nitrogen and oxygen atoms in total. The minimum atomic E-state index is -0.1000. The lowest BCUT2D eigenvalue weighted by Crippen LogP contribution is -2.32. The Bertz CT molecular complexity index is 511. The summed E-state index contributed by atoms with van der Waals surface area (Å²) in [6, 6.07) is 0. The molecular weight excluding hydrogens is 258 g/mol. The van der Waals surface area contributed by atoms with Gasteiger partial charge in [-0.15, -0.1) is 0 Å². The highest BCUT2D eigenvalue weighted by Crippen LogP contribution is 2.38. The van der Waals surface area contributed by atoms with Crippen LogP contribution < -0.4 is 5.32 Å². The zero-order valence-electron chi connectivity index (χ0n) is 11.8. The topological polar surface area (TPSA) is 46.9 Å². The Morgan fingerprint density at radius 1 is 1.37 bits per heavy atom. The van der Waals surface area contributed by atoms with Gasteiger partial charge in [0.1, 0.15) is 5.82 Å². The lowest BCUT2D eigenvalue weighted by Gasteiger charge is -2.27. The zero-order chi connectivity index (χ0) is 13.6. The van der Waals surface area contributed by atoms with E-state index < -0.39 is 0 Å². The maximum Gasteiger partial charge on any atom is 0.228 e. The fourth-order valence-corrected chi connectivity index (χ4v) is 3.55. The van der Waals surface area contributed by atoms with E-state index >= 15 is 0 Å². The van der Waals surface area contributed by atoms with E-state index in [4.69, 9.17) is 5.10 Å². The molecule has 1 fully saturated rings. The lowest BCUT2D eigenvalue weighted by atomic mass is 9.85. The van der Waals surface area contributed by atoms with Gasteiger partial charge in [0.2, 0.25) is 5.91 Å². The predicted molar refractivity (Wildman–Crippen MR) is 78.2 cm³/mol. The van der Waals surface area contributed by atoms with Crippen LogP contribution in [0.1, 0.15) is 51.3 Å². The third-order valence-corrected chi connectivity index (χ3v) is 4.88. The average Bonchev–Trinajstić information content (AvgIpc) is 2.76. The van der Waals surface area contributed by atoms with E-state index in [9.17, 15) is 4.79 Å². The van der Waals surface area contributed by atoms with E-state index in [0.29, 0.717) is 0 Å². The molecule has 2 aliphatic rings. The van der Waals surface area contributed by atoms with Gasteiger partial charge >= 0.3 is 0 Å². The van der Waals surface area contributed by atoms with Crippen LogP contribution in [0.5, 0.6) is 0 Å². The average molecular weight is 279 g/mol. The van der Waals surface area contributed by atoms with Gasteiger partial charge in [0, 0.05) is 23.0 Å². The fraction of sp³-hybridized carbons (Fsp3) is 0.714. The van der Waals surface area contributed by atoms with Crippen LogP contribution >= 0.6 is 11.8 Å². The fourth-order valence-electron chi connectivity index (χ4n) is 2.52. The van der Waals surface area contributed by atoms with Crippen LogP contribution in [0, 0.1) is 5.92 Å². The Balaban J connectivity index is 1.91. The van der Waals surface area contributed by atoms with E-state index in [-0.39, 0.29) is 17.4 Å².